The molecule has 5 aromatic carbocycles. The molecule has 2 aliphatic heterocycles. The third kappa shape index (κ3) is 5.16. The second kappa shape index (κ2) is 12.9. The Hall–Kier alpha value is -5.82. The van der Waals surface area contributed by atoms with Crippen molar-refractivity contribution in [2.45, 2.75) is 24.2 Å². The number of aromatic hydroxyl groups is 1. The van der Waals surface area contributed by atoms with E-state index in [4.69, 9.17) is 11.6 Å². The molecule has 10 nitrogen and oxygen atoms in total. The van der Waals surface area contributed by atoms with Crippen molar-refractivity contribution in [1.29, 1.82) is 0 Å². The molecule has 1 saturated carbocycles. The van der Waals surface area contributed by atoms with Gasteiger partial charge in [-0.1, -0.05) is 83.9 Å². The van der Waals surface area contributed by atoms with Crippen LogP contribution in [0.1, 0.15) is 29.9 Å². The normalized spacial score (nSPS) is 25.8. The highest BCUT2D eigenvalue weighted by Crippen LogP contribution is 2.65. The molecule has 6 unspecified atom stereocenters. The molecule has 4 aliphatic rings. The van der Waals surface area contributed by atoms with Crippen molar-refractivity contribution in [3.05, 3.63) is 143 Å². The minimum absolute atomic E-state index is 0.00882. The molecule has 0 aromatic heterocycles. The Labute approximate surface area is 319 Å². The minimum atomic E-state index is -1.82. The number of allylic oxidation sites excluding steroid dienone is 2. The summed E-state index contributed by atoms with van der Waals surface area (Å²) in [4.78, 5) is 60.1. The Morgan fingerprint density at radius 1 is 0.818 bits per heavy atom. The van der Waals surface area contributed by atoms with Gasteiger partial charge in [-0.15, -0.1) is 0 Å². The summed E-state index contributed by atoms with van der Waals surface area (Å²) in [5.41, 5.74) is 3.32. The highest BCUT2D eigenvalue weighted by atomic mass is 35.5. The van der Waals surface area contributed by atoms with Gasteiger partial charge in [0.05, 0.1) is 34.5 Å². The van der Waals surface area contributed by atoms with Gasteiger partial charge in [-0.05, 0) is 83.7 Å². The van der Waals surface area contributed by atoms with Gasteiger partial charge in [0.1, 0.15) is 11.6 Å². The van der Waals surface area contributed by atoms with Gasteiger partial charge in [-0.3, -0.25) is 29.5 Å². The van der Waals surface area contributed by atoms with Crippen LogP contribution < -0.4 is 15.8 Å². The molecule has 274 valence electrons. The third-order valence-electron chi connectivity index (χ3n) is 11.9. The molecular weight excluding hydrogens is 724 g/mol. The second-order valence-corrected chi connectivity index (χ2v) is 15.0. The predicted molar refractivity (Wildman–Crippen MR) is 203 cm³/mol. The number of imide groups is 2. The Bertz CT molecular complexity index is 2480. The number of carbonyl (C=O) groups is 4. The molecular formula is C42H32BClFN3O7. The largest absolute Gasteiger partial charge is 0.507 e. The zero-order chi connectivity index (χ0) is 38.3. The van der Waals surface area contributed by atoms with Crippen LogP contribution in [0.5, 0.6) is 5.75 Å². The van der Waals surface area contributed by atoms with Gasteiger partial charge in [0.2, 0.25) is 11.8 Å². The number of phenols is 1. The molecule has 6 atom stereocenters. The standard InChI is InChI=1S/C42H32BClFN3O7/c44-25-11-9-23(10-12-25)42-34(39(51)48(41(42)53)46-27-15-13-26(45)14-16-27)21-33-30(36(42)32-17-8-22-4-1-2-7-29(22)37(32)49)18-19-31-35(33)40(52)47(38(31)50)28-6-3-5-24(20-28)43(54)55/h1-18,20,31,33-36,46,49,54-55H,19,21H2. The lowest BCUT2D eigenvalue weighted by Crippen LogP contribution is -2.53. The van der Waals surface area contributed by atoms with Gasteiger partial charge in [0, 0.05) is 21.9 Å². The monoisotopic (exact) mass is 755 g/mol. The second-order valence-electron chi connectivity index (χ2n) is 14.6. The molecule has 55 heavy (non-hydrogen) atoms. The first-order chi connectivity index (χ1) is 26.5. The number of hydrogen-bond donors (Lipinski definition) is 4. The summed E-state index contributed by atoms with van der Waals surface area (Å²) in [5, 5.41) is 34.5. The number of halogens is 2. The van der Waals surface area contributed by atoms with Crippen molar-refractivity contribution in [3.63, 3.8) is 0 Å². The topological polar surface area (TPSA) is 147 Å². The zero-order valence-electron chi connectivity index (χ0n) is 29.0. The lowest BCUT2D eigenvalue weighted by atomic mass is 9.49. The van der Waals surface area contributed by atoms with Crippen molar-refractivity contribution < 1.29 is 38.7 Å². The summed E-state index contributed by atoms with van der Waals surface area (Å²) in [7, 11) is -1.82. The van der Waals surface area contributed by atoms with Crippen molar-refractivity contribution in [2.75, 3.05) is 10.3 Å². The van der Waals surface area contributed by atoms with Gasteiger partial charge in [-0.2, -0.15) is 5.01 Å². The van der Waals surface area contributed by atoms with E-state index in [2.05, 4.69) is 5.43 Å². The number of rotatable bonds is 6. The van der Waals surface area contributed by atoms with Crippen LogP contribution in [-0.4, -0.2) is 50.9 Å². The Balaban J connectivity index is 1.26. The van der Waals surface area contributed by atoms with E-state index in [-0.39, 0.29) is 35.4 Å². The van der Waals surface area contributed by atoms with Crippen molar-refractivity contribution in [3.8, 4) is 5.75 Å². The Morgan fingerprint density at radius 2 is 1.56 bits per heavy atom. The molecule has 13 heteroatoms. The summed E-state index contributed by atoms with van der Waals surface area (Å²) < 4.78 is 13.9. The molecule has 3 fully saturated rings. The van der Waals surface area contributed by atoms with Gasteiger partial charge in [-0.25, -0.2) is 4.39 Å². The summed E-state index contributed by atoms with van der Waals surface area (Å²) in [6, 6.07) is 28.7. The molecule has 2 aliphatic carbocycles. The molecule has 2 saturated heterocycles. The van der Waals surface area contributed by atoms with Gasteiger partial charge < -0.3 is 15.2 Å². The van der Waals surface area contributed by atoms with E-state index in [1.807, 2.05) is 24.3 Å². The number of nitrogens with zero attached hydrogens (tertiary/aromatic N) is 2. The van der Waals surface area contributed by atoms with E-state index < -0.39 is 71.6 Å². The maximum Gasteiger partial charge on any atom is 0.488 e. The fraction of sp³-hybridized carbons (Fsp3) is 0.190. The summed E-state index contributed by atoms with van der Waals surface area (Å²) in [6.07, 6.45) is 2.04. The summed E-state index contributed by atoms with van der Waals surface area (Å²) in [5.74, 6) is -7.27. The van der Waals surface area contributed by atoms with E-state index in [0.717, 1.165) is 15.3 Å². The van der Waals surface area contributed by atoms with Gasteiger partial charge in [0.15, 0.2) is 0 Å². The fourth-order valence-electron chi connectivity index (χ4n) is 9.58. The molecule has 2 heterocycles. The average molecular weight is 756 g/mol. The number of amides is 4. The van der Waals surface area contributed by atoms with Crippen LogP contribution in [0.4, 0.5) is 15.8 Å². The average Bonchev–Trinajstić information content (AvgIpc) is 3.57. The first kappa shape index (κ1) is 34.9. The quantitative estimate of drug-likeness (QED) is 0.105. The predicted octanol–water partition coefficient (Wildman–Crippen LogP) is 5.21. The number of benzene rings is 5. The first-order valence-corrected chi connectivity index (χ1v) is 18.3. The molecule has 5 aromatic rings. The third-order valence-corrected chi connectivity index (χ3v) is 12.2. The molecule has 4 N–H and O–H groups in total. The van der Waals surface area contributed by atoms with E-state index >= 15 is 4.79 Å². The minimum Gasteiger partial charge on any atom is -0.507 e. The smallest absolute Gasteiger partial charge is 0.488 e. The van der Waals surface area contributed by atoms with E-state index in [0.29, 0.717) is 27.1 Å². The number of nitrogens with one attached hydrogen (secondary N) is 1. The SMILES string of the molecule is O=C1C2CC3C(=CCC4C(=O)N(c5cccc(B(O)O)c5)C(=O)C43)C(c3ccc4ccccc4c3O)C2(c2ccc(Cl)cc2)C(=O)N1Nc1ccc(F)cc1. The number of hydrogen-bond acceptors (Lipinski definition) is 8. The van der Waals surface area contributed by atoms with Crippen LogP contribution in [0, 0.1) is 29.5 Å². The van der Waals surface area contributed by atoms with Crippen LogP contribution in [-0.2, 0) is 24.6 Å². The van der Waals surface area contributed by atoms with Crippen LogP contribution in [0.25, 0.3) is 10.8 Å². The van der Waals surface area contributed by atoms with Crippen molar-refractivity contribution >= 4 is 70.0 Å². The summed E-state index contributed by atoms with van der Waals surface area (Å²) >= 11 is 6.38. The Morgan fingerprint density at radius 3 is 2.31 bits per heavy atom. The van der Waals surface area contributed by atoms with E-state index in [1.165, 1.54) is 42.5 Å². The number of fused-ring (bicyclic) bond motifs is 5. The van der Waals surface area contributed by atoms with Crippen LogP contribution >= 0.6 is 11.6 Å². The molecule has 0 radical (unpaired) electrons. The summed E-state index contributed by atoms with van der Waals surface area (Å²) in [6.45, 7) is 0. The lowest BCUT2D eigenvalue weighted by molar-refractivity contribution is -0.138. The number of anilines is 2. The van der Waals surface area contributed by atoms with E-state index in [1.54, 1.807) is 48.5 Å². The highest BCUT2D eigenvalue weighted by molar-refractivity contribution is 6.58. The van der Waals surface area contributed by atoms with E-state index in [9.17, 15) is 33.9 Å². The first-order valence-electron chi connectivity index (χ1n) is 17.9. The van der Waals surface area contributed by atoms with Crippen LogP contribution in [0.3, 0.4) is 0 Å². The van der Waals surface area contributed by atoms with Gasteiger partial charge in [0.25, 0.3) is 11.8 Å². The molecule has 4 amide bonds. The van der Waals surface area contributed by atoms with Crippen LogP contribution in [0.2, 0.25) is 5.02 Å². The van der Waals surface area contributed by atoms with Gasteiger partial charge >= 0.3 is 7.12 Å². The maximum absolute atomic E-state index is 15.4. The Kier molecular flexibility index (Phi) is 8.19. The molecule has 0 bridgehead atoms. The lowest BCUT2D eigenvalue weighted by Gasteiger charge is -2.50. The number of phenolic OH excluding ortho intramolecular Hbond substituents is 1. The fourth-order valence-corrected chi connectivity index (χ4v) is 9.71. The van der Waals surface area contributed by atoms with Crippen molar-refractivity contribution in [2.24, 2.45) is 23.7 Å². The highest BCUT2D eigenvalue weighted by Gasteiger charge is 2.70. The number of carbonyl (C=O) groups excluding carboxylic acids is 4. The number of hydrazine groups is 1. The van der Waals surface area contributed by atoms with Crippen LogP contribution in [0.15, 0.2) is 121 Å². The maximum atomic E-state index is 15.4. The van der Waals surface area contributed by atoms with Crippen molar-refractivity contribution in [1.82, 2.24) is 5.01 Å². The molecule has 9 rings (SSSR count). The zero-order valence-corrected chi connectivity index (χ0v) is 29.7. The molecule has 0 spiro atoms.